The number of aliphatic hydroxyl groups is 1. The van der Waals surface area contributed by atoms with Crippen LogP contribution < -0.4 is 9.47 Å². The number of aliphatic hydroxyl groups excluding tert-OH is 1. The monoisotopic (exact) mass is 336 g/mol. The Kier molecular flexibility index (Phi) is 5.14. The number of hydrogen-bond donors (Lipinski definition) is 2. The Hall–Kier alpha value is -2.23. The Morgan fingerprint density at radius 3 is 2.65 bits per heavy atom. The maximum atomic E-state index is 12.0. The van der Waals surface area contributed by atoms with Gasteiger partial charge in [0.15, 0.2) is 6.61 Å². The molecule has 1 aromatic rings. The lowest BCUT2D eigenvalue weighted by molar-refractivity contribution is -0.153. The van der Waals surface area contributed by atoms with E-state index >= 15 is 0 Å². The van der Waals surface area contributed by atoms with Crippen LogP contribution in [0.1, 0.15) is 6.42 Å². The van der Waals surface area contributed by atoms with E-state index in [0.717, 1.165) is 11.1 Å². The van der Waals surface area contributed by atoms with E-state index in [1.54, 1.807) is 0 Å². The van der Waals surface area contributed by atoms with Gasteiger partial charge in [0.25, 0.3) is 0 Å². The van der Waals surface area contributed by atoms with Crippen molar-refractivity contribution in [2.75, 3.05) is 19.8 Å². The minimum atomic E-state index is -4.43. The molecule has 1 aromatic heterocycles. The molecule has 10 heteroatoms. The lowest BCUT2D eigenvalue weighted by Crippen LogP contribution is -2.36. The van der Waals surface area contributed by atoms with Crippen molar-refractivity contribution in [3.63, 3.8) is 0 Å². The number of amides is 1. The van der Waals surface area contributed by atoms with Crippen molar-refractivity contribution in [1.82, 2.24) is 9.88 Å². The number of likely N-dealkylation sites (tertiary alicyclic amines) is 1. The van der Waals surface area contributed by atoms with Crippen LogP contribution >= 0.6 is 0 Å². The Bertz CT molecular complexity index is 537. The highest BCUT2D eigenvalue weighted by molar-refractivity contribution is 5.66. The lowest BCUT2D eigenvalue weighted by atomic mass is 10.2. The van der Waals surface area contributed by atoms with Crippen molar-refractivity contribution in [3.8, 4) is 11.6 Å². The van der Waals surface area contributed by atoms with Crippen LogP contribution in [0.4, 0.5) is 18.0 Å². The van der Waals surface area contributed by atoms with Gasteiger partial charge in [-0.1, -0.05) is 0 Å². The van der Waals surface area contributed by atoms with Gasteiger partial charge in [-0.15, -0.1) is 0 Å². The second kappa shape index (κ2) is 6.90. The summed E-state index contributed by atoms with van der Waals surface area (Å²) in [6.07, 6.45) is -4.68. The van der Waals surface area contributed by atoms with E-state index in [1.165, 1.54) is 12.1 Å². The van der Waals surface area contributed by atoms with Crippen LogP contribution in [0.2, 0.25) is 0 Å². The first kappa shape index (κ1) is 17.1. The molecule has 23 heavy (non-hydrogen) atoms. The maximum Gasteiger partial charge on any atom is 0.422 e. The maximum absolute atomic E-state index is 12.0. The first-order chi connectivity index (χ1) is 10.8. The molecule has 128 valence electrons. The number of aromatic nitrogens is 1. The fourth-order valence-corrected chi connectivity index (χ4v) is 2.22. The number of hydrogen-bond acceptors (Lipinski definition) is 5. The van der Waals surface area contributed by atoms with Crippen LogP contribution in [-0.2, 0) is 0 Å². The largest absolute Gasteiger partial charge is 0.483 e. The number of pyridine rings is 1. The number of ether oxygens (including phenoxy) is 2. The summed E-state index contributed by atoms with van der Waals surface area (Å²) in [4.78, 5) is 15.9. The second-order valence-corrected chi connectivity index (χ2v) is 4.98. The average Bonchev–Trinajstić information content (AvgIpc) is 2.89. The van der Waals surface area contributed by atoms with Crippen LogP contribution in [0, 0.1) is 0 Å². The van der Waals surface area contributed by atoms with Crippen LogP contribution in [0.3, 0.4) is 0 Å². The highest BCUT2D eigenvalue weighted by Gasteiger charge is 2.36. The highest BCUT2D eigenvalue weighted by Crippen LogP contribution is 2.23. The molecule has 2 N–H and O–H groups in total. The van der Waals surface area contributed by atoms with Gasteiger partial charge in [0.2, 0.25) is 5.88 Å². The van der Waals surface area contributed by atoms with Gasteiger partial charge in [-0.05, 0) is 6.07 Å². The molecule has 0 aliphatic carbocycles. The van der Waals surface area contributed by atoms with E-state index in [4.69, 9.17) is 14.9 Å². The van der Waals surface area contributed by atoms with E-state index < -0.39 is 31.0 Å². The molecule has 1 amide bonds. The molecule has 2 rings (SSSR count). The topological polar surface area (TPSA) is 92.1 Å². The first-order valence-electron chi connectivity index (χ1n) is 6.71. The molecule has 1 saturated heterocycles. The van der Waals surface area contributed by atoms with E-state index in [9.17, 15) is 18.0 Å². The van der Waals surface area contributed by atoms with Gasteiger partial charge in [0.05, 0.1) is 25.4 Å². The summed E-state index contributed by atoms with van der Waals surface area (Å²) < 4.78 is 46.1. The average molecular weight is 336 g/mol. The summed E-state index contributed by atoms with van der Waals surface area (Å²) in [5, 5.41) is 18.1. The normalized spacial score (nSPS) is 21.3. The highest BCUT2D eigenvalue weighted by atomic mass is 19.4. The van der Waals surface area contributed by atoms with Crippen molar-refractivity contribution >= 4 is 6.09 Å². The van der Waals surface area contributed by atoms with Crippen molar-refractivity contribution in [3.05, 3.63) is 18.3 Å². The Morgan fingerprint density at radius 1 is 1.43 bits per heavy atom. The third kappa shape index (κ3) is 4.88. The van der Waals surface area contributed by atoms with Crippen LogP contribution in [-0.4, -0.2) is 64.3 Å². The third-order valence-corrected chi connectivity index (χ3v) is 3.23. The Morgan fingerprint density at radius 2 is 2.17 bits per heavy atom. The zero-order valence-electron chi connectivity index (χ0n) is 11.9. The standard InChI is InChI=1S/C13H15F3N2O5/c14-13(15,16)7-22-9-1-2-11(17-4-9)23-10-3-8(6-19)18(5-10)12(20)21/h1-2,4,8,10,19H,3,5-7H2,(H,20,21). The summed E-state index contributed by atoms with van der Waals surface area (Å²) in [5.74, 6) is 0.0831. The van der Waals surface area contributed by atoms with Gasteiger partial charge >= 0.3 is 12.3 Å². The Labute approximate surface area is 129 Å². The molecule has 0 aromatic carbocycles. The number of carbonyl (C=O) groups is 1. The van der Waals surface area contributed by atoms with Gasteiger partial charge in [0, 0.05) is 12.5 Å². The number of nitrogens with zero attached hydrogens (tertiary/aromatic N) is 2. The van der Waals surface area contributed by atoms with E-state index in [-0.39, 0.29) is 24.8 Å². The molecule has 1 aliphatic rings. The van der Waals surface area contributed by atoms with Crippen molar-refractivity contribution in [2.45, 2.75) is 24.7 Å². The molecule has 2 heterocycles. The molecule has 0 radical (unpaired) electrons. The van der Waals surface area contributed by atoms with E-state index in [0.29, 0.717) is 6.42 Å². The molecule has 2 unspecified atom stereocenters. The zero-order chi connectivity index (χ0) is 17.0. The predicted octanol–water partition coefficient (Wildman–Crippen LogP) is 1.51. The fourth-order valence-electron chi connectivity index (χ4n) is 2.22. The first-order valence-corrected chi connectivity index (χ1v) is 6.71. The second-order valence-electron chi connectivity index (χ2n) is 4.98. The van der Waals surface area contributed by atoms with Gasteiger partial charge in [-0.3, -0.25) is 4.90 Å². The smallest absolute Gasteiger partial charge is 0.422 e. The van der Waals surface area contributed by atoms with Gasteiger partial charge < -0.3 is 19.7 Å². The number of alkyl halides is 3. The molecular weight excluding hydrogens is 321 g/mol. The van der Waals surface area contributed by atoms with Crippen LogP contribution in [0.25, 0.3) is 0 Å². The molecule has 2 atom stereocenters. The van der Waals surface area contributed by atoms with Gasteiger partial charge in [0.1, 0.15) is 11.9 Å². The van der Waals surface area contributed by atoms with E-state index in [2.05, 4.69) is 9.72 Å². The van der Waals surface area contributed by atoms with Crippen LogP contribution in [0.5, 0.6) is 11.6 Å². The SMILES string of the molecule is O=C(O)N1CC(Oc2ccc(OCC(F)(F)F)cn2)CC1CO. The molecule has 0 saturated carbocycles. The zero-order valence-corrected chi connectivity index (χ0v) is 11.9. The summed E-state index contributed by atoms with van der Waals surface area (Å²) in [6, 6.07) is 2.07. The summed E-state index contributed by atoms with van der Waals surface area (Å²) >= 11 is 0. The molecule has 0 spiro atoms. The predicted molar refractivity (Wildman–Crippen MR) is 70.4 cm³/mol. The minimum Gasteiger partial charge on any atom is -0.483 e. The molecule has 0 bridgehead atoms. The summed E-state index contributed by atoms with van der Waals surface area (Å²) in [7, 11) is 0. The minimum absolute atomic E-state index is 0.0542. The summed E-state index contributed by atoms with van der Waals surface area (Å²) in [5.41, 5.74) is 0. The quantitative estimate of drug-likeness (QED) is 0.847. The Balaban J connectivity index is 1.90. The van der Waals surface area contributed by atoms with Gasteiger partial charge in [-0.2, -0.15) is 13.2 Å². The molecule has 1 fully saturated rings. The molecule has 1 aliphatic heterocycles. The molecule has 7 nitrogen and oxygen atoms in total. The number of halogens is 3. The van der Waals surface area contributed by atoms with E-state index in [1.807, 2.05) is 0 Å². The number of rotatable bonds is 5. The lowest BCUT2D eigenvalue weighted by Gasteiger charge is -2.18. The number of carboxylic acid groups (broad SMARTS) is 1. The van der Waals surface area contributed by atoms with Crippen LogP contribution in [0.15, 0.2) is 18.3 Å². The van der Waals surface area contributed by atoms with Gasteiger partial charge in [-0.25, -0.2) is 9.78 Å². The fraction of sp³-hybridized carbons (Fsp3) is 0.538. The molecular formula is C13H15F3N2O5. The van der Waals surface area contributed by atoms with Crippen molar-refractivity contribution in [1.29, 1.82) is 0 Å². The van der Waals surface area contributed by atoms with Crippen molar-refractivity contribution in [2.24, 2.45) is 0 Å². The summed E-state index contributed by atoms with van der Waals surface area (Å²) in [6.45, 7) is -1.65. The van der Waals surface area contributed by atoms with Crippen molar-refractivity contribution < 1.29 is 37.7 Å². The third-order valence-electron chi connectivity index (χ3n) is 3.23.